The molecule has 0 spiro atoms. The highest BCUT2D eigenvalue weighted by Gasteiger charge is 2.01. The fraction of sp³-hybridized carbons (Fsp3) is 0.611. The van der Waals surface area contributed by atoms with E-state index in [0.29, 0.717) is 12.5 Å². The topological polar surface area (TPSA) is 40.5 Å². The number of aliphatic hydroxyl groups is 1. The number of rotatable bonds is 6. The summed E-state index contributed by atoms with van der Waals surface area (Å²) in [6, 6.07) is 10.3. The highest BCUT2D eigenvalue weighted by atomic mass is 16.3. The van der Waals surface area contributed by atoms with Gasteiger partial charge in [0.15, 0.2) is 0 Å². The Kier molecular flexibility index (Phi) is 17.5. The third-order valence-corrected chi connectivity index (χ3v) is 2.95. The van der Waals surface area contributed by atoms with Crippen LogP contribution >= 0.6 is 0 Å². The normalized spacial score (nSPS) is 10.4. The summed E-state index contributed by atoms with van der Waals surface area (Å²) in [6.45, 7) is 6.77. The van der Waals surface area contributed by atoms with E-state index in [1.165, 1.54) is 29.7 Å². The molecule has 0 aliphatic rings. The first-order valence-electron chi connectivity index (χ1n) is 7.75. The lowest BCUT2D eigenvalue weighted by Gasteiger charge is -2.08. The molecule has 3 heteroatoms. The van der Waals surface area contributed by atoms with Crippen molar-refractivity contribution in [1.82, 2.24) is 4.90 Å². The van der Waals surface area contributed by atoms with E-state index in [9.17, 15) is 4.79 Å². The van der Waals surface area contributed by atoms with E-state index in [-0.39, 0.29) is 0 Å². The number of nitrogens with zero attached hydrogens (tertiary/aromatic N) is 1. The molecule has 122 valence electrons. The van der Waals surface area contributed by atoms with Crippen LogP contribution in [0.1, 0.15) is 45.1 Å². The van der Waals surface area contributed by atoms with Crippen molar-refractivity contribution >= 4 is 6.41 Å². The molecule has 0 saturated carbocycles. The van der Waals surface area contributed by atoms with Gasteiger partial charge in [0.25, 0.3) is 0 Å². The van der Waals surface area contributed by atoms with Gasteiger partial charge in [-0.2, -0.15) is 0 Å². The second-order valence-corrected chi connectivity index (χ2v) is 5.32. The lowest BCUT2D eigenvalue weighted by atomic mass is 10.0. The zero-order valence-electron chi connectivity index (χ0n) is 14.4. The maximum absolute atomic E-state index is 9.43. The van der Waals surface area contributed by atoms with Crippen molar-refractivity contribution in [1.29, 1.82) is 0 Å². The molecular formula is C18H33NO2. The third-order valence-electron chi connectivity index (χ3n) is 2.95. The van der Waals surface area contributed by atoms with Crippen molar-refractivity contribution in [2.45, 2.75) is 46.5 Å². The number of amides is 1. The van der Waals surface area contributed by atoms with Gasteiger partial charge in [0.2, 0.25) is 6.41 Å². The molecule has 0 aliphatic heterocycles. The molecule has 0 bridgehead atoms. The Morgan fingerprint density at radius 1 is 1.19 bits per heavy atom. The second-order valence-electron chi connectivity index (χ2n) is 5.32. The molecule has 0 radical (unpaired) electrons. The van der Waals surface area contributed by atoms with Gasteiger partial charge in [-0.25, -0.2) is 0 Å². The molecule has 1 N–H and O–H groups in total. The number of carbonyl (C=O) groups is 1. The second kappa shape index (κ2) is 16.7. The van der Waals surface area contributed by atoms with Crippen molar-refractivity contribution in [2.24, 2.45) is 5.92 Å². The Balaban J connectivity index is 0. The van der Waals surface area contributed by atoms with Crippen LogP contribution in [0.5, 0.6) is 0 Å². The number of hydrogen-bond donors (Lipinski definition) is 1. The Labute approximate surface area is 131 Å². The zero-order chi connectivity index (χ0) is 16.5. The summed E-state index contributed by atoms with van der Waals surface area (Å²) >= 11 is 0. The van der Waals surface area contributed by atoms with Gasteiger partial charge in [-0.3, -0.25) is 4.79 Å². The van der Waals surface area contributed by atoms with Crippen molar-refractivity contribution in [2.75, 3.05) is 20.7 Å². The van der Waals surface area contributed by atoms with Crippen LogP contribution in [0.4, 0.5) is 0 Å². The molecule has 0 aliphatic carbocycles. The molecule has 0 saturated heterocycles. The maximum Gasteiger partial charge on any atom is 0.209 e. The van der Waals surface area contributed by atoms with Gasteiger partial charge in [0.1, 0.15) is 0 Å². The average Bonchev–Trinajstić information content (AvgIpc) is 2.50. The smallest absolute Gasteiger partial charge is 0.209 e. The Bertz CT molecular complexity index is 308. The van der Waals surface area contributed by atoms with Crippen LogP contribution in [0, 0.1) is 12.8 Å². The molecule has 1 aromatic carbocycles. The molecule has 21 heavy (non-hydrogen) atoms. The minimum absolute atomic E-state index is 0.372. The van der Waals surface area contributed by atoms with Gasteiger partial charge in [-0.1, -0.05) is 69.0 Å². The van der Waals surface area contributed by atoms with Gasteiger partial charge < -0.3 is 10.0 Å². The van der Waals surface area contributed by atoms with Crippen molar-refractivity contribution in [3.8, 4) is 0 Å². The standard InChI is InChI=1S/C8H18O.C7H8.C3H7NO/c1-3-5-6-8(4-2)7-9;1-7-5-3-2-4-6-7;1-4(2)3-5/h8-9H,3-7H2,1-2H3;2-6H,1H3;3H,1-2H3. The van der Waals surface area contributed by atoms with Crippen molar-refractivity contribution < 1.29 is 9.90 Å². The van der Waals surface area contributed by atoms with Crippen LogP contribution in [0.3, 0.4) is 0 Å². The molecule has 1 unspecified atom stereocenters. The Hall–Kier alpha value is -1.35. The first-order valence-corrected chi connectivity index (χ1v) is 7.75. The number of carbonyl (C=O) groups excluding carboxylic acids is 1. The summed E-state index contributed by atoms with van der Waals surface area (Å²) in [5.74, 6) is 0.560. The summed E-state index contributed by atoms with van der Waals surface area (Å²) in [5.41, 5.74) is 1.32. The fourth-order valence-electron chi connectivity index (χ4n) is 1.45. The molecule has 0 aromatic heterocycles. The number of unbranched alkanes of at least 4 members (excludes halogenated alkanes) is 1. The van der Waals surface area contributed by atoms with Crippen LogP contribution in [0.15, 0.2) is 30.3 Å². The summed E-state index contributed by atoms with van der Waals surface area (Å²) in [5, 5.41) is 8.75. The van der Waals surface area contributed by atoms with E-state index in [0.717, 1.165) is 12.8 Å². The van der Waals surface area contributed by atoms with E-state index >= 15 is 0 Å². The van der Waals surface area contributed by atoms with Gasteiger partial charge >= 0.3 is 0 Å². The monoisotopic (exact) mass is 295 g/mol. The van der Waals surface area contributed by atoms with E-state index in [2.05, 4.69) is 32.9 Å². The SMILES string of the molecule is CCCCC(CC)CO.CN(C)C=O.Cc1ccccc1. The number of benzene rings is 1. The number of aryl methyl sites for hydroxylation is 1. The quantitative estimate of drug-likeness (QED) is 0.809. The minimum atomic E-state index is 0.372. The van der Waals surface area contributed by atoms with Crippen molar-refractivity contribution in [3.05, 3.63) is 35.9 Å². The Morgan fingerprint density at radius 2 is 1.71 bits per heavy atom. The Morgan fingerprint density at radius 3 is 1.95 bits per heavy atom. The largest absolute Gasteiger partial charge is 0.396 e. The molecule has 1 aromatic rings. The van der Waals surface area contributed by atoms with E-state index < -0.39 is 0 Å². The molecule has 0 heterocycles. The number of aliphatic hydroxyl groups excluding tert-OH is 1. The molecule has 1 rings (SSSR count). The third kappa shape index (κ3) is 18.6. The minimum Gasteiger partial charge on any atom is -0.396 e. The van der Waals surface area contributed by atoms with Crippen LogP contribution in [-0.2, 0) is 4.79 Å². The van der Waals surface area contributed by atoms with Crippen LogP contribution in [0.25, 0.3) is 0 Å². The van der Waals surface area contributed by atoms with E-state index in [1.807, 2.05) is 18.2 Å². The van der Waals surface area contributed by atoms with Gasteiger partial charge in [-0.15, -0.1) is 0 Å². The van der Waals surface area contributed by atoms with E-state index in [4.69, 9.17) is 5.11 Å². The summed E-state index contributed by atoms with van der Waals surface area (Å²) in [6.07, 6.45) is 5.58. The van der Waals surface area contributed by atoms with E-state index in [1.54, 1.807) is 14.1 Å². The predicted octanol–water partition coefficient (Wildman–Crippen LogP) is 3.89. The molecule has 3 nitrogen and oxygen atoms in total. The lowest BCUT2D eigenvalue weighted by Crippen LogP contribution is -2.06. The highest BCUT2D eigenvalue weighted by molar-refractivity contribution is 5.45. The molecule has 1 atom stereocenters. The van der Waals surface area contributed by atoms with Gasteiger partial charge in [0.05, 0.1) is 0 Å². The van der Waals surface area contributed by atoms with Crippen LogP contribution in [0.2, 0.25) is 0 Å². The lowest BCUT2D eigenvalue weighted by molar-refractivity contribution is -0.115. The van der Waals surface area contributed by atoms with Gasteiger partial charge in [-0.05, 0) is 19.3 Å². The molecular weight excluding hydrogens is 262 g/mol. The highest BCUT2D eigenvalue weighted by Crippen LogP contribution is 2.10. The maximum atomic E-state index is 9.43. The van der Waals surface area contributed by atoms with Crippen LogP contribution in [-0.4, -0.2) is 37.1 Å². The van der Waals surface area contributed by atoms with Crippen LogP contribution < -0.4 is 0 Å². The summed E-state index contributed by atoms with van der Waals surface area (Å²) < 4.78 is 0. The number of hydrogen-bond acceptors (Lipinski definition) is 2. The first-order chi connectivity index (χ1) is 10.0. The fourth-order valence-corrected chi connectivity index (χ4v) is 1.45. The summed E-state index contributed by atoms with van der Waals surface area (Å²) in [7, 11) is 3.38. The average molecular weight is 295 g/mol. The molecule has 1 amide bonds. The predicted molar refractivity (Wildman–Crippen MR) is 91.3 cm³/mol. The van der Waals surface area contributed by atoms with Gasteiger partial charge in [0, 0.05) is 20.7 Å². The molecule has 0 fully saturated rings. The first kappa shape index (κ1) is 21.9. The zero-order valence-corrected chi connectivity index (χ0v) is 14.4. The van der Waals surface area contributed by atoms with Crippen molar-refractivity contribution in [3.63, 3.8) is 0 Å². The summed E-state index contributed by atoms with van der Waals surface area (Å²) in [4.78, 5) is 10.9.